The third-order valence-corrected chi connectivity index (χ3v) is 2.82. The number of anilines is 1. The number of hydrogen-bond acceptors (Lipinski definition) is 5. The summed E-state index contributed by atoms with van der Waals surface area (Å²) < 4.78 is 5.26. The molecule has 0 aliphatic rings. The summed E-state index contributed by atoms with van der Waals surface area (Å²) >= 11 is 0. The largest absolute Gasteiger partial charge is 0.397 e. The second-order valence-corrected chi connectivity index (χ2v) is 4.25. The van der Waals surface area contributed by atoms with E-state index in [2.05, 4.69) is 15.1 Å². The van der Waals surface area contributed by atoms with Gasteiger partial charge in [0.15, 0.2) is 0 Å². The molecule has 2 heterocycles. The fourth-order valence-corrected chi connectivity index (χ4v) is 1.85. The average molecular weight is 252 g/mol. The van der Waals surface area contributed by atoms with E-state index in [4.69, 9.17) is 10.3 Å². The SMILES string of the molecule is Cc1ccccc1-c1noc(-c2cncc(N)c2)n1. The molecule has 3 aromatic rings. The zero-order valence-electron chi connectivity index (χ0n) is 10.4. The maximum atomic E-state index is 5.69. The van der Waals surface area contributed by atoms with Crippen LogP contribution in [-0.2, 0) is 0 Å². The number of benzene rings is 1. The van der Waals surface area contributed by atoms with Crippen LogP contribution in [0.5, 0.6) is 0 Å². The lowest BCUT2D eigenvalue weighted by atomic mass is 10.1. The lowest BCUT2D eigenvalue weighted by Gasteiger charge is -1.98. The summed E-state index contributed by atoms with van der Waals surface area (Å²) in [7, 11) is 0. The van der Waals surface area contributed by atoms with Crippen molar-refractivity contribution in [2.75, 3.05) is 5.73 Å². The fraction of sp³-hybridized carbons (Fsp3) is 0.0714. The standard InChI is InChI=1S/C14H12N4O/c1-9-4-2-3-5-12(9)13-17-14(19-18-13)10-6-11(15)8-16-7-10/h2-8H,15H2,1H3. The van der Waals surface area contributed by atoms with E-state index in [1.165, 1.54) is 0 Å². The molecule has 5 heteroatoms. The highest BCUT2D eigenvalue weighted by Gasteiger charge is 2.12. The summed E-state index contributed by atoms with van der Waals surface area (Å²) in [4.78, 5) is 8.39. The van der Waals surface area contributed by atoms with Gasteiger partial charge in [0, 0.05) is 18.0 Å². The van der Waals surface area contributed by atoms with Gasteiger partial charge in [-0.05, 0) is 18.6 Å². The number of nitrogens with two attached hydrogens (primary N) is 1. The summed E-state index contributed by atoms with van der Waals surface area (Å²) in [6, 6.07) is 9.64. The molecule has 0 atom stereocenters. The van der Waals surface area contributed by atoms with Crippen LogP contribution in [0.2, 0.25) is 0 Å². The molecule has 1 aromatic carbocycles. The quantitative estimate of drug-likeness (QED) is 0.758. The van der Waals surface area contributed by atoms with Gasteiger partial charge in [0.1, 0.15) is 0 Å². The van der Waals surface area contributed by atoms with Gasteiger partial charge in [-0.3, -0.25) is 4.98 Å². The molecule has 3 rings (SSSR count). The molecule has 0 unspecified atom stereocenters. The zero-order chi connectivity index (χ0) is 13.2. The molecule has 0 saturated heterocycles. The topological polar surface area (TPSA) is 77.8 Å². The summed E-state index contributed by atoms with van der Waals surface area (Å²) in [5.41, 5.74) is 9.01. The summed E-state index contributed by atoms with van der Waals surface area (Å²) in [6.45, 7) is 2.01. The Balaban J connectivity index is 2.03. The second kappa shape index (κ2) is 4.53. The highest BCUT2D eigenvalue weighted by molar-refractivity contribution is 5.63. The van der Waals surface area contributed by atoms with Gasteiger partial charge in [-0.25, -0.2) is 0 Å². The van der Waals surface area contributed by atoms with Gasteiger partial charge in [-0.2, -0.15) is 4.98 Å². The third-order valence-electron chi connectivity index (χ3n) is 2.82. The van der Waals surface area contributed by atoms with E-state index < -0.39 is 0 Å². The normalized spacial score (nSPS) is 10.6. The van der Waals surface area contributed by atoms with E-state index in [-0.39, 0.29) is 0 Å². The van der Waals surface area contributed by atoms with E-state index in [0.717, 1.165) is 11.1 Å². The Labute approximate surface area is 110 Å². The van der Waals surface area contributed by atoms with Gasteiger partial charge in [0.25, 0.3) is 5.89 Å². The van der Waals surface area contributed by atoms with Crippen LogP contribution in [0.25, 0.3) is 22.8 Å². The van der Waals surface area contributed by atoms with Gasteiger partial charge in [-0.1, -0.05) is 29.4 Å². The molecule has 5 nitrogen and oxygen atoms in total. The van der Waals surface area contributed by atoms with Crippen LogP contribution in [0, 0.1) is 6.92 Å². The number of nitrogen functional groups attached to an aromatic ring is 1. The Kier molecular flexibility index (Phi) is 2.72. The molecule has 2 aromatic heterocycles. The van der Waals surface area contributed by atoms with Gasteiger partial charge >= 0.3 is 0 Å². The van der Waals surface area contributed by atoms with Gasteiger partial charge in [-0.15, -0.1) is 0 Å². The minimum absolute atomic E-state index is 0.415. The molecule has 94 valence electrons. The van der Waals surface area contributed by atoms with E-state index in [1.54, 1.807) is 18.5 Å². The lowest BCUT2D eigenvalue weighted by molar-refractivity contribution is 0.432. The number of hydrogen-bond donors (Lipinski definition) is 1. The molecular formula is C14H12N4O. The van der Waals surface area contributed by atoms with Crippen molar-refractivity contribution in [1.82, 2.24) is 15.1 Å². The molecule has 2 N–H and O–H groups in total. The van der Waals surface area contributed by atoms with Crippen LogP contribution in [0.4, 0.5) is 5.69 Å². The monoisotopic (exact) mass is 252 g/mol. The first-order chi connectivity index (χ1) is 9.24. The van der Waals surface area contributed by atoms with Crippen molar-refractivity contribution in [1.29, 1.82) is 0 Å². The van der Waals surface area contributed by atoms with Gasteiger partial charge < -0.3 is 10.3 Å². The smallest absolute Gasteiger partial charge is 0.259 e. The van der Waals surface area contributed by atoms with Crippen molar-refractivity contribution in [2.45, 2.75) is 6.92 Å². The number of aromatic nitrogens is 3. The predicted octanol–water partition coefficient (Wildman–Crippen LogP) is 2.69. The summed E-state index contributed by atoms with van der Waals surface area (Å²) in [6.07, 6.45) is 3.22. The average Bonchev–Trinajstić information content (AvgIpc) is 2.89. The molecule has 19 heavy (non-hydrogen) atoms. The second-order valence-electron chi connectivity index (χ2n) is 4.25. The van der Waals surface area contributed by atoms with E-state index >= 15 is 0 Å². The number of rotatable bonds is 2. The molecule has 0 amide bonds. The number of pyridine rings is 1. The maximum absolute atomic E-state index is 5.69. The Bertz CT molecular complexity index is 721. The first-order valence-electron chi connectivity index (χ1n) is 5.84. The van der Waals surface area contributed by atoms with Crippen LogP contribution in [-0.4, -0.2) is 15.1 Å². The van der Waals surface area contributed by atoms with E-state index in [9.17, 15) is 0 Å². The molecule has 0 radical (unpaired) electrons. The van der Waals surface area contributed by atoms with Crippen molar-refractivity contribution in [3.8, 4) is 22.8 Å². The highest BCUT2D eigenvalue weighted by atomic mass is 16.5. The van der Waals surface area contributed by atoms with Crippen LogP contribution in [0.1, 0.15) is 5.56 Å². The van der Waals surface area contributed by atoms with Crippen molar-refractivity contribution < 1.29 is 4.52 Å². The lowest BCUT2D eigenvalue weighted by Crippen LogP contribution is -1.88. The Morgan fingerprint density at radius 3 is 2.79 bits per heavy atom. The summed E-state index contributed by atoms with van der Waals surface area (Å²) in [5.74, 6) is 0.980. The predicted molar refractivity (Wildman–Crippen MR) is 72.1 cm³/mol. The van der Waals surface area contributed by atoms with Crippen LogP contribution in [0.15, 0.2) is 47.2 Å². The Morgan fingerprint density at radius 1 is 1.16 bits per heavy atom. The molecule has 0 fully saturated rings. The minimum Gasteiger partial charge on any atom is -0.397 e. The zero-order valence-corrected chi connectivity index (χ0v) is 10.4. The third kappa shape index (κ3) is 2.18. The molecule has 0 bridgehead atoms. The van der Waals surface area contributed by atoms with Crippen LogP contribution in [0.3, 0.4) is 0 Å². The molecule has 0 spiro atoms. The van der Waals surface area contributed by atoms with Crippen molar-refractivity contribution in [2.24, 2.45) is 0 Å². The first kappa shape index (κ1) is 11.4. The van der Waals surface area contributed by atoms with Crippen LogP contribution < -0.4 is 5.73 Å². The first-order valence-corrected chi connectivity index (χ1v) is 5.84. The summed E-state index contributed by atoms with van der Waals surface area (Å²) in [5, 5.41) is 4.00. The molecular weight excluding hydrogens is 240 g/mol. The number of aryl methyl sites for hydroxylation is 1. The van der Waals surface area contributed by atoms with E-state index in [1.807, 2.05) is 31.2 Å². The van der Waals surface area contributed by atoms with Gasteiger partial charge in [0.05, 0.1) is 11.3 Å². The van der Waals surface area contributed by atoms with E-state index in [0.29, 0.717) is 23.0 Å². The Morgan fingerprint density at radius 2 is 2.00 bits per heavy atom. The maximum Gasteiger partial charge on any atom is 0.259 e. The molecule has 0 aliphatic carbocycles. The molecule has 0 aliphatic heterocycles. The van der Waals surface area contributed by atoms with Crippen molar-refractivity contribution >= 4 is 5.69 Å². The number of nitrogens with zero attached hydrogens (tertiary/aromatic N) is 3. The fourth-order valence-electron chi connectivity index (χ4n) is 1.85. The highest BCUT2D eigenvalue weighted by Crippen LogP contribution is 2.24. The van der Waals surface area contributed by atoms with Gasteiger partial charge in [0.2, 0.25) is 5.82 Å². The Hall–Kier alpha value is -2.69. The van der Waals surface area contributed by atoms with Crippen molar-refractivity contribution in [3.63, 3.8) is 0 Å². The molecule has 0 saturated carbocycles. The van der Waals surface area contributed by atoms with Crippen molar-refractivity contribution in [3.05, 3.63) is 48.3 Å². The minimum atomic E-state index is 0.415. The van der Waals surface area contributed by atoms with Crippen LogP contribution >= 0.6 is 0 Å².